The van der Waals surface area contributed by atoms with E-state index < -0.39 is 16.1 Å². The van der Waals surface area contributed by atoms with Gasteiger partial charge in [0.25, 0.3) is 0 Å². The van der Waals surface area contributed by atoms with Gasteiger partial charge in [0.1, 0.15) is 5.76 Å². The number of carbonyl (C=O) groups is 1. The van der Waals surface area contributed by atoms with Gasteiger partial charge in [0.2, 0.25) is 15.9 Å². The van der Waals surface area contributed by atoms with E-state index in [1.165, 1.54) is 26.2 Å². The Balaban J connectivity index is 2.05. The average molecular weight is 365 g/mol. The van der Waals surface area contributed by atoms with Gasteiger partial charge in [0.05, 0.1) is 23.2 Å². The van der Waals surface area contributed by atoms with E-state index >= 15 is 0 Å². The molecular weight excluding hydrogens is 342 g/mol. The number of nitrogens with zero attached hydrogens (tertiary/aromatic N) is 1. The molecule has 2 rings (SSSR count). The van der Waals surface area contributed by atoms with Gasteiger partial charge in [-0.05, 0) is 44.2 Å². The number of rotatable bonds is 7. The molecule has 0 aliphatic rings. The first-order chi connectivity index (χ1) is 11.7. The zero-order valence-electron chi connectivity index (χ0n) is 14.7. The van der Waals surface area contributed by atoms with Crippen LogP contribution in [0.3, 0.4) is 0 Å². The van der Waals surface area contributed by atoms with Crippen LogP contribution in [0.25, 0.3) is 0 Å². The average Bonchev–Trinajstić information content (AvgIpc) is 3.09. The third-order valence-corrected chi connectivity index (χ3v) is 5.55. The van der Waals surface area contributed by atoms with E-state index in [-0.39, 0.29) is 16.8 Å². The summed E-state index contributed by atoms with van der Waals surface area (Å²) in [5.41, 5.74) is 0.423. The molecule has 7 nitrogen and oxygen atoms in total. The molecule has 2 N–H and O–H groups in total. The second-order valence-electron chi connectivity index (χ2n) is 5.93. The van der Waals surface area contributed by atoms with Crippen LogP contribution in [0, 0.1) is 0 Å². The van der Waals surface area contributed by atoms with Gasteiger partial charge in [-0.1, -0.05) is 6.07 Å². The van der Waals surface area contributed by atoms with Gasteiger partial charge >= 0.3 is 0 Å². The van der Waals surface area contributed by atoms with E-state index in [4.69, 9.17) is 4.42 Å². The van der Waals surface area contributed by atoms with Gasteiger partial charge in [0, 0.05) is 19.8 Å². The Morgan fingerprint density at radius 3 is 2.48 bits per heavy atom. The lowest BCUT2D eigenvalue weighted by atomic mass is 10.2. The van der Waals surface area contributed by atoms with Gasteiger partial charge in [0.15, 0.2) is 0 Å². The summed E-state index contributed by atoms with van der Waals surface area (Å²) < 4.78 is 30.8. The Morgan fingerprint density at radius 2 is 1.88 bits per heavy atom. The summed E-state index contributed by atoms with van der Waals surface area (Å²) in [5.74, 6) is 0.469. The van der Waals surface area contributed by atoms with Gasteiger partial charge in [-0.25, -0.2) is 12.7 Å². The Kier molecular flexibility index (Phi) is 5.99. The normalized spacial score (nSPS) is 14.3. The molecule has 136 valence electrons. The maximum absolute atomic E-state index is 12.3. The van der Waals surface area contributed by atoms with Crippen molar-refractivity contribution in [3.63, 3.8) is 0 Å². The topological polar surface area (TPSA) is 91.6 Å². The highest BCUT2D eigenvalue weighted by atomic mass is 32.2. The largest absolute Gasteiger partial charge is 0.468 e. The van der Waals surface area contributed by atoms with Crippen molar-refractivity contribution in [2.45, 2.75) is 30.8 Å². The van der Waals surface area contributed by atoms with Crippen LogP contribution in [0.5, 0.6) is 0 Å². The van der Waals surface area contributed by atoms with Gasteiger partial charge < -0.3 is 9.73 Å². The molecular formula is C17H23N3O4S. The van der Waals surface area contributed by atoms with E-state index in [9.17, 15) is 13.2 Å². The molecule has 0 aliphatic carbocycles. The fraction of sp³-hybridized carbons (Fsp3) is 0.353. The number of benzene rings is 1. The molecule has 1 heterocycles. The molecule has 1 amide bonds. The lowest BCUT2D eigenvalue weighted by Crippen LogP contribution is -2.39. The molecule has 8 heteroatoms. The predicted octanol–water partition coefficient (Wildman–Crippen LogP) is 2.21. The molecule has 0 fully saturated rings. The minimum atomic E-state index is -3.55. The van der Waals surface area contributed by atoms with Crippen LogP contribution in [0.4, 0.5) is 5.69 Å². The van der Waals surface area contributed by atoms with Crippen molar-refractivity contribution in [3.05, 3.63) is 48.4 Å². The lowest BCUT2D eigenvalue weighted by molar-refractivity contribution is -0.118. The molecule has 0 aliphatic heterocycles. The summed E-state index contributed by atoms with van der Waals surface area (Å²) in [6, 6.07) is 9.17. The number of furan rings is 1. The van der Waals surface area contributed by atoms with Crippen molar-refractivity contribution in [2.75, 3.05) is 19.4 Å². The first kappa shape index (κ1) is 19.2. The number of hydrogen-bond donors (Lipinski definition) is 2. The quantitative estimate of drug-likeness (QED) is 0.785. The van der Waals surface area contributed by atoms with E-state index in [1.54, 1.807) is 31.4 Å². The van der Waals surface area contributed by atoms with Crippen molar-refractivity contribution >= 4 is 21.6 Å². The first-order valence-corrected chi connectivity index (χ1v) is 9.28. The molecule has 0 spiro atoms. The zero-order chi connectivity index (χ0) is 18.6. The number of hydrogen-bond acceptors (Lipinski definition) is 5. The number of amides is 1. The Hall–Kier alpha value is -2.16. The smallest absolute Gasteiger partial charge is 0.242 e. The minimum absolute atomic E-state index is 0.125. The lowest BCUT2D eigenvalue weighted by Gasteiger charge is -2.18. The van der Waals surface area contributed by atoms with E-state index in [0.29, 0.717) is 5.69 Å². The highest BCUT2D eigenvalue weighted by Gasteiger charge is 2.20. The molecule has 2 aromatic rings. The fourth-order valence-corrected chi connectivity index (χ4v) is 3.21. The maximum Gasteiger partial charge on any atom is 0.242 e. The van der Waals surface area contributed by atoms with E-state index in [2.05, 4.69) is 10.6 Å². The first-order valence-electron chi connectivity index (χ1n) is 7.84. The van der Waals surface area contributed by atoms with Crippen LogP contribution in [-0.4, -0.2) is 38.8 Å². The van der Waals surface area contributed by atoms with Crippen LogP contribution < -0.4 is 10.6 Å². The summed E-state index contributed by atoms with van der Waals surface area (Å²) in [6.45, 7) is 3.63. The third kappa shape index (κ3) is 4.68. The molecule has 0 saturated carbocycles. The summed E-state index contributed by atoms with van der Waals surface area (Å²) in [7, 11) is -0.628. The fourth-order valence-electron chi connectivity index (χ4n) is 2.27. The molecule has 0 saturated heterocycles. The molecule has 0 unspecified atom stereocenters. The number of nitrogens with one attached hydrogen (secondary N) is 2. The Morgan fingerprint density at radius 1 is 1.16 bits per heavy atom. The van der Waals surface area contributed by atoms with E-state index in [0.717, 1.165) is 10.1 Å². The molecule has 25 heavy (non-hydrogen) atoms. The van der Waals surface area contributed by atoms with Gasteiger partial charge in [-0.15, -0.1) is 0 Å². The highest BCUT2D eigenvalue weighted by molar-refractivity contribution is 7.89. The van der Waals surface area contributed by atoms with Gasteiger partial charge in [-0.2, -0.15) is 0 Å². The number of anilines is 1. The summed E-state index contributed by atoms with van der Waals surface area (Å²) >= 11 is 0. The number of carbonyl (C=O) groups excluding carboxylic acids is 1. The van der Waals surface area contributed by atoms with Crippen LogP contribution >= 0.6 is 0 Å². The zero-order valence-corrected chi connectivity index (χ0v) is 15.5. The van der Waals surface area contributed by atoms with E-state index in [1.807, 2.05) is 13.0 Å². The second kappa shape index (κ2) is 7.81. The number of sulfonamides is 1. The van der Waals surface area contributed by atoms with Gasteiger partial charge in [-0.3, -0.25) is 10.1 Å². The van der Waals surface area contributed by atoms with Crippen molar-refractivity contribution in [1.29, 1.82) is 0 Å². The molecule has 0 radical (unpaired) electrons. The highest BCUT2D eigenvalue weighted by Crippen LogP contribution is 2.18. The molecule has 1 aromatic heterocycles. The summed E-state index contributed by atoms with van der Waals surface area (Å²) in [6.07, 6.45) is 1.58. The van der Waals surface area contributed by atoms with Crippen molar-refractivity contribution in [1.82, 2.24) is 9.62 Å². The SMILES string of the molecule is C[C@H](N[C@H](C)c1ccco1)C(=O)Nc1cccc(S(=O)(=O)N(C)C)c1. The van der Waals surface area contributed by atoms with Crippen LogP contribution in [0.1, 0.15) is 25.6 Å². The Labute approximate surface area is 148 Å². The van der Waals surface area contributed by atoms with Crippen molar-refractivity contribution in [2.24, 2.45) is 0 Å². The molecule has 0 bridgehead atoms. The molecule has 1 aromatic carbocycles. The monoisotopic (exact) mass is 365 g/mol. The van der Waals surface area contributed by atoms with Crippen LogP contribution in [-0.2, 0) is 14.8 Å². The van der Waals surface area contributed by atoms with Crippen LogP contribution in [0.15, 0.2) is 52.0 Å². The Bertz CT molecular complexity index is 816. The standard InChI is InChI=1S/C17H23N3O4S/c1-12(16-9-6-10-24-16)18-13(2)17(21)19-14-7-5-8-15(11-14)25(22,23)20(3)4/h5-13,18H,1-4H3,(H,19,21)/t12-,13+/m1/s1. The second-order valence-corrected chi connectivity index (χ2v) is 8.08. The summed E-state index contributed by atoms with van der Waals surface area (Å²) in [4.78, 5) is 12.5. The third-order valence-electron chi connectivity index (χ3n) is 3.74. The minimum Gasteiger partial charge on any atom is -0.468 e. The van der Waals surface area contributed by atoms with Crippen molar-refractivity contribution < 1.29 is 17.6 Å². The predicted molar refractivity (Wildman–Crippen MR) is 95.7 cm³/mol. The summed E-state index contributed by atoms with van der Waals surface area (Å²) in [5, 5.41) is 5.86. The molecule has 2 atom stereocenters. The maximum atomic E-state index is 12.3. The van der Waals surface area contributed by atoms with Crippen LogP contribution in [0.2, 0.25) is 0 Å². The van der Waals surface area contributed by atoms with Crippen molar-refractivity contribution in [3.8, 4) is 0 Å².